The number of piperazine rings is 1. The molecule has 29 heavy (non-hydrogen) atoms. The number of benzene rings is 1. The van der Waals surface area contributed by atoms with Crippen molar-refractivity contribution >= 4 is 17.5 Å². The van der Waals surface area contributed by atoms with E-state index in [0.717, 1.165) is 24.9 Å². The van der Waals surface area contributed by atoms with E-state index in [-0.39, 0.29) is 17.6 Å². The molecule has 0 atom stereocenters. The highest BCUT2D eigenvalue weighted by Crippen LogP contribution is 2.18. The largest absolute Gasteiger partial charge is 0.368 e. The Kier molecular flexibility index (Phi) is 7.16. The third kappa shape index (κ3) is 5.53. The Morgan fingerprint density at radius 3 is 2.41 bits per heavy atom. The van der Waals surface area contributed by atoms with E-state index in [0.29, 0.717) is 43.9 Å². The van der Waals surface area contributed by atoms with Crippen LogP contribution in [0.5, 0.6) is 0 Å². The summed E-state index contributed by atoms with van der Waals surface area (Å²) in [5, 5.41) is 2.87. The van der Waals surface area contributed by atoms with Crippen LogP contribution in [0, 0.1) is 5.82 Å². The van der Waals surface area contributed by atoms with Gasteiger partial charge in [-0.25, -0.2) is 4.39 Å². The van der Waals surface area contributed by atoms with Crippen LogP contribution < -0.4 is 10.2 Å². The highest BCUT2D eigenvalue weighted by Gasteiger charge is 2.23. The van der Waals surface area contributed by atoms with Gasteiger partial charge in [0, 0.05) is 50.8 Å². The third-order valence-electron chi connectivity index (χ3n) is 5.07. The molecule has 0 aliphatic carbocycles. The topological polar surface area (TPSA) is 65.5 Å². The second kappa shape index (κ2) is 10.0. The first-order valence-electron chi connectivity index (χ1n) is 10.1. The van der Waals surface area contributed by atoms with Gasteiger partial charge < -0.3 is 15.1 Å². The average Bonchev–Trinajstić information content (AvgIpc) is 2.77. The first-order chi connectivity index (χ1) is 14.1. The lowest BCUT2D eigenvalue weighted by molar-refractivity contribution is 0.0746. The summed E-state index contributed by atoms with van der Waals surface area (Å²) in [6, 6.07) is 7.99. The van der Waals surface area contributed by atoms with Crippen molar-refractivity contribution in [2.75, 3.05) is 37.6 Å². The van der Waals surface area contributed by atoms with Crippen LogP contribution in [0.4, 0.5) is 10.1 Å². The van der Waals surface area contributed by atoms with Crippen LogP contribution in [-0.4, -0.2) is 54.4 Å². The van der Waals surface area contributed by atoms with Gasteiger partial charge in [-0.3, -0.25) is 14.6 Å². The van der Waals surface area contributed by atoms with Gasteiger partial charge in [0.05, 0.1) is 11.1 Å². The maximum absolute atomic E-state index is 13.1. The minimum Gasteiger partial charge on any atom is -0.368 e. The van der Waals surface area contributed by atoms with E-state index < -0.39 is 0 Å². The Hall–Kier alpha value is -2.96. The number of nitrogens with one attached hydrogen (secondary N) is 1. The number of rotatable bonds is 7. The van der Waals surface area contributed by atoms with Crippen LogP contribution in [0.1, 0.15) is 46.9 Å². The summed E-state index contributed by atoms with van der Waals surface area (Å²) in [7, 11) is 0. The minimum absolute atomic E-state index is 0.128. The second-order valence-electron chi connectivity index (χ2n) is 7.18. The van der Waals surface area contributed by atoms with E-state index in [1.54, 1.807) is 23.1 Å². The van der Waals surface area contributed by atoms with E-state index in [1.807, 2.05) is 0 Å². The summed E-state index contributed by atoms with van der Waals surface area (Å²) < 4.78 is 13.1. The summed E-state index contributed by atoms with van der Waals surface area (Å²) in [5.41, 5.74) is 1.76. The predicted molar refractivity (Wildman–Crippen MR) is 111 cm³/mol. The highest BCUT2D eigenvalue weighted by molar-refractivity contribution is 5.99. The molecule has 0 bridgehead atoms. The van der Waals surface area contributed by atoms with E-state index in [1.165, 1.54) is 24.5 Å². The zero-order valence-electron chi connectivity index (χ0n) is 16.7. The molecule has 3 rings (SSSR count). The Morgan fingerprint density at radius 2 is 1.72 bits per heavy atom. The van der Waals surface area contributed by atoms with Crippen molar-refractivity contribution in [1.29, 1.82) is 0 Å². The van der Waals surface area contributed by atoms with Gasteiger partial charge in [0.2, 0.25) is 0 Å². The van der Waals surface area contributed by atoms with Crippen molar-refractivity contribution in [3.63, 3.8) is 0 Å². The number of hydrogen-bond donors (Lipinski definition) is 1. The Morgan fingerprint density at radius 1 is 1.03 bits per heavy atom. The molecule has 6 nitrogen and oxygen atoms in total. The number of carbonyl (C=O) groups is 2. The second-order valence-corrected chi connectivity index (χ2v) is 7.18. The molecule has 0 spiro atoms. The van der Waals surface area contributed by atoms with Gasteiger partial charge in [0.15, 0.2) is 0 Å². The van der Waals surface area contributed by atoms with Crippen molar-refractivity contribution in [3.8, 4) is 0 Å². The average molecular weight is 398 g/mol. The number of pyridine rings is 1. The molecular weight excluding hydrogens is 371 g/mol. The number of nitrogens with zero attached hydrogens (tertiary/aromatic N) is 3. The van der Waals surface area contributed by atoms with Gasteiger partial charge in [-0.05, 0) is 36.8 Å². The van der Waals surface area contributed by atoms with Gasteiger partial charge in [0.25, 0.3) is 11.8 Å². The fourth-order valence-electron chi connectivity index (χ4n) is 3.36. The standard InChI is InChI=1S/C22H27FN4O2/c1-2-3-4-9-25-21(28)17-14-18(16-24-15-17)22(29)27-12-10-26(11-13-27)20-7-5-19(23)6-8-20/h5-8,14-16H,2-4,9-13H2,1H3,(H,25,28). The van der Waals surface area contributed by atoms with Crippen LogP contribution in [0.2, 0.25) is 0 Å². The van der Waals surface area contributed by atoms with E-state index in [9.17, 15) is 14.0 Å². The van der Waals surface area contributed by atoms with Crippen LogP contribution in [-0.2, 0) is 0 Å². The molecule has 0 radical (unpaired) electrons. The molecule has 7 heteroatoms. The number of aromatic nitrogens is 1. The van der Waals surface area contributed by atoms with Crippen molar-refractivity contribution in [2.45, 2.75) is 26.2 Å². The van der Waals surface area contributed by atoms with Crippen LogP contribution in [0.15, 0.2) is 42.7 Å². The van der Waals surface area contributed by atoms with Crippen molar-refractivity contribution in [1.82, 2.24) is 15.2 Å². The molecule has 2 aromatic rings. The van der Waals surface area contributed by atoms with Gasteiger partial charge in [0.1, 0.15) is 5.82 Å². The van der Waals surface area contributed by atoms with Crippen molar-refractivity contribution in [3.05, 3.63) is 59.7 Å². The zero-order valence-corrected chi connectivity index (χ0v) is 16.7. The summed E-state index contributed by atoms with van der Waals surface area (Å²) in [6.07, 6.45) is 6.09. The molecule has 0 unspecified atom stereocenters. The number of amides is 2. The molecule has 1 aromatic heterocycles. The van der Waals surface area contributed by atoms with Crippen LogP contribution in [0.3, 0.4) is 0 Å². The smallest absolute Gasteiger partial charge is 0.255 e. The van der Waals surface area contributed by atoms with Gasteiger partial charge in [-0.15, -0.1) is 0 Å². The molecule has 1 aromatic carbocycles. The zero-order chi connectivity index (χ0) is 20.6. The van der Waals surface area contributed by atoms with Gasteiger partial charge in [-0.1, -0.05) is 19.8 Å². The molecule has 0 saturated carbocycles. The number of hydrogen-bond acceptors (Lipinski definition) is 4. The Balaban J connectivity index is 1.57. The molecule has 1 N–H and O–H groups in total. The number of carbonyl (C=O) groups excluding carboxylic acids is 2. The fourth-order valence-corrected chi connectivity index (χ4v) is 3.36. The van der Waals surface area contributed by atoms with E-state index in [2.05, 4.69) is 22.1 Å². The monoisotopic (exact) mass is 398 g/mol. The molecule has 2 heterocycles. The summed E-state index contributed by atoms with van der Waals surface area (Å²) >= 11 is 0. The number of anilines is 1. The molecule has 1 aliphatic heterocycles. The quantitative estimate of drug-likeness (QED) is 0.728. The molecular formula is C22H27FN4O2. The molecule has 2 amide bonds. The van der Waals surface area contributed by atoms with E-state index >= 15 is 0 Å². The Bertz CT molecular complexity index is 833. The molecule has 1 fully saturated rings. The third-order valence-corrected chi connectivity index (χ3v) is 5.07. The summed E-state index contributed by atoms with van der Waals surface area (Å²) in [5.74, 6) is -0.592. The number of halogens is 1. The normalized spacial score (nSPS) is 14.0. The maximum atomic E-state index is 13.1. The van der Waals surface area contributed by atoms with Crippen molar-refractivity contribution in [2.24, 2.45) is 0 Å². The number of unbranched alkanes of at least 4 members (excludes halogenated alkanes) is 2. The molecule has 154 valence electrons. The summed E-state index contributed by atoms with van der Waals surface area (Å²) in [4.78, 5) is 33.1. The maximum Gasteiger partial charge on any atom is 0.255 e. The van der Waals surface area contributed by atoms with Crippen LogP contribution in [0.25, 0.3) is 0 Å². The fraction of sp³-hybridized carbons (Fsp3) is 0.409. The van der Waals surface area contributed by atoms with E-state index in [4.69, 9.17) is 0 Å². The first-order valence-corrected chi connectivity index (χ1v) is 10.1. The Labute approximate surface area is 170 Å². The minimum atomic E-state index is -0.260. The van der Waals surface area contributed by atoms with Crippen LogP contribution >= 0.6 is 0 Å². The lowest BCUT2D eigenvalue weighted by Gasteiger charge is -2.36. The SMILES string of the molecule is CCCCCNC(=O)c1cncc(C(=O)N2CCN(c3ccc(F)cc3)CC2)c1. The summed E-state index contributed by atoms with van der Waals surface area (Å²) in [6.45, 7) is 5.19. The molecule has 1 aliphatic rings. The lowest BCUT2D eigenvalue weighted by Crippen LogP contribution is -2.48. The first kappa shape index (κ1) is 20.8. The predicted octanol–water partition coefficient (Wildman–Crippen LogP) is 3.10. The van der Waals surface area contributed by atoms with Crippen molar-refractivity contribution < 1.29 is 14.0 Å². The van der Waals surface area contributed by atoms with Gasteiger partial charge >= 0.3 is 0 Å². The van der Waals surface area contributed by atoms with Gasteiger partial charge in [-0.2, -0.15) is 0 Å². The highest BCUT2D eigenvalue weighted by atomic mass is 19.1. The molecule has 1 saturated heterocycles. The lowest BCUT2D eigenvalue weighted by atomic mass is 10.1.